The molecule has 0 spiro atoms. The Morgan fingerprint density at radius 1 is 1.19 bits per heavy atom. The molecule has 21 heavy (non-hydrogen) atoms. The van der Waals surface area contributed by atoms with Crippen LogP contribution in [0.1, 0.15) is 27.5 Å². The lowest BCUT2D eigenvalue weighted by molar-refractivity contribution is 0.0667. The number of nitrogens with two attached hydrogens (primary N) is 1. The average Bonchev–Trinajstić information content (AvgIpc) is 2.53. The summed E-state index contributed by atoms with van der Waals surface area (Å²) in [7, 11) is 0. The van der Waals surface area contributed by atoms with E-state index in [0.29, 0.717) is 18.7 Å². The number of amides is 1. The van der Waals surface area contributed by atoms with Crippen molar-refractivity contribution in [1.29, 1.82) is 0 Å². The number of carbonyl (C=O) groups excluding carboxylic acids is 1. The molecule has 1 aliphatic rings. The molecule has 0 aliphatic carbocycles. The zero-order chi connectivity index (χ0) is 14.8. The molecule has 108 valence electrons. The molecule has 0 bridgehead atoms. The monoisotopic (exact) mass is 344 g/mol. The quantitative estimate of drug-likeness (QED) is 0.909. The van der Waals surface area contributed by atoms with Gasteiger partial charge in [0.1, 0.15) is 0 Å². The highest BCUT2D eigenvalue weighted by atomic mass is 79.9. The molecule has 0 fully saturated rings. The van der Waals surface area contributed by atoms with Gasteiger partial charge in [0.2, 0.25) is 0 Å². The minimum Gasteiger partial charge on any atom is -0.330 e. The van der Waals surface area contributed by atoms with Crippen LogP contribution in [0.25, 0.3) is 0 Å². The fourth-order valence-corrected chi connectivity index (χ4v) is 3.39. The molecule has 2 N–H and O–H groups in total. The summed E-state index contributed by atoms with van der Waals surface area (Å²) in [5.41, 5.74) is 9.12. The van der Waals surface area contributed by atoms with Gasteiger partial charge >= 0.3 is 0 Å². The van der Waals surface area contributed by atoms with Gasteiger partial charge in [0.15, 0.2) is 0 Å². The standard InChI is InChI=1S/C17H17BrN2O/c18-15-8-4-3-7-14(15)17(21)20-10-9-12-5-1-2-6-13(12)16(20)11-19/h1-8,16H,9-11,19H2. The minimum absolute atomic E-state index is 0.0347. The Hall–Kier alpha value is -1.65. The summed E-state index contributed by atoms with van der Waals surface area (Å²) in [6, 6.07) is 15.7. The number of carbonyl (C=O) groups is 1. The van der Waals surface area contributed by atoms with Crippen LogP contribution in [0.5, 0.6) is 0 Å². The maximum absolute atomic E-state index is 12.8. The zero-order valence-corrected chi connectivity index (χ0v) is 13.2. The van der Waals surface area contributed by atoms with E-state index in [2.05, 4.69) is 28.1 Å². The lowest BCUT2D eigenvalue weighted by atomic mass is 9.92. The summed E-state index contributed by atoms with van der Waals surface area (Å²) in [5.74, 6) is 0.0347. The summed E-state index contributed by atoms with van der Waals surface area (Å²) in [4.78, 5) is 14.7. The smallest absolute Gasteiger partial charge is 0.255 e. The molecule has 0 saturated heterocycles. The van der Waals surface area contributed by atoms with Crippen molar-refractivity contribution in [3.05, 3.63) is 69.7 Å². The fraction of sp³-hybridized carbons (Fsp3) is 0.235. The van der Waals surface area contributed by atoms with Crippen LogP contribution in [0.2, 0.25) is 0 Å². The lowest BCUT2D eigenvalue weighted by Gasteiger charge is -2.37. The predicted molar refractivity (Wildman–Crippen MR) is 87.1 cm³/mol. The first-order chi connectivity index (χ1) is 10.2. The number of rotatable bonds is 2. The molecule has 1 amide bonds. The normalized spacial score (nSPS) is 17.4. The molecule has 1 heterocycles. The molecule has 0 radical (unpaired) electrons. The molecular formula is C17H17BrN2O. The molecule has 3 rings (SSSR count). The van der Waals surface area contributed by atoms with Gasteiger partial charge in [-0.05, 0) is 45.6 Å². The molecule has 3 nitrogen and oxygen atoms in total. The van der Waals surface area contributed by atoms with Gasteiger partial charge in [0, 0.05) is 17.6 Å². The Morgan fingerprint density at radius 2 is 1.90 bits per heavy atom. The van der Waals surface area contributed by atoms with Crippen LogP contribution in [0.15, 0.2) is 53.0 Å². The van der Waals surface area contributed by atoms with Crippen molar-refractivity contribution < 1.29 is 4.79 Å². The average molecular weight is 345 g/mol. The first kappa shape index (κ1) is 14.3. The molecule has 0 aromatic heterocycles. The van der Waals surface area contributed by atoms with Gasteiger partial charge in [-0.15, -0.1) is 0 Å². The van der Waals surface area contributed by atoms with Gasteiger partial charge in [-0.2, -0.15) is 0 Å². The van der Waals surface area contributed by atoms with Crippen LogP contribution >= 0.6 is 15.9 Å². The van der Waals surface area contributed by atoms with Gasteiger partial charge in [-0.25, -0.2) is 0 Å². The lowest BCUT2D eigenvalue weighted by Crippen LogP contribution is -2.43. The second-order valence-corrected chi connectivity index (χ2v) is 6.03. The zero-order valence-electron chi connectivity index (χ0n) is 11.6. The van der Waals surface area contributed by atoms with E-state index < -0.39 is 0 Å². The highest BCUT2D eigenvalue weighted by molar-refractivity contribution is 9.10. The van der Waals surface area contributed by atoms with Crippen molar-refractivity contribution in [2.24, 2.45) is 5.73 Å². The van der Waals surface area contributed by atoms with Gasteiger partial charge < -0.3 is 10.6 Å². The molecular weight excluding hydrogens is 328 g/mol. The van der Waals surface area contributed by atoms with E-state index in [1.165, 1.54) is 11.1 Å². The Kier molecular flexibility index (Phi) is 4.08. The second kappa shape index (κ2) is 6.00. The Labute approximate surface area is 132 Å². The third-order valence-electron chi connectivity index (χ3n) is 4.00. The highest BCUT2D eigenvalue weighted by Crippen LogP contribution is 2.31. The topological polar surface area (TPSA) is 46.3 Å². The summed E-state index contributed by atoms with van der Waals surface area (Å²) in [5, 5.41) is 0. The molecule has 1 atom stereocenters. The van der Waals surface area contributed by atoms with Crippen molar-refractivity contribution in [3.8, 4) is 0 Å². The fourth-order valence-electron chi connectivity index (χ4n) is 2.94. The number of hydrogen-bond acceptors (Lipinski definition) is 2. The Morgan fingerprint density at radius 3 is 2.67 bits per heavy atom. The number of halogens is 1. The SMILES string of the molecule is NCC1c2ccccc2CCN1C(=O)c1ccccc1Br. The molecule has 4 heteroatoms. The largest absolute Gasteiger partial charge is 0.330 e. The number of nitrogens with zero attached hydrogens (tertiary/aromatic N) is 1. The molecule has 0 saturated carbocycles. The highest BCUT2D eigenvalue weighted by Gasteiger charge is 2.30. The molecule has 1 aliphatic heterocycles. The van der Waals surface area contributed by atoms with E-state index in [0.717, 1.165) is 10.9 Å². The van der Waals surface area contributed by atoms with Gasteiger partial charge in [0.25, 0.3) is 5.91 Å². The van der Waals surface area contributed by atoms with Crippen LogP contribution in [0, 0.1) is 0 Å². The van der Waals surface area contributed by atoms with Crippen LogP contribution < -0.4 is 5.73 Å². The summed E-state index contributed by atoms with van der Waals surface area (Å²) in [6.45, 7) is 1.15. The predicted octanol–water partition coefficient (Wildman–Crippen LogP) is 3.15. The first-order valence-electron chi connectivity index (χ1n) is 7.05. The van der Waals surface area contributed by atoms with E-state index in [1.807, 2.05) is 41.3 Å². The number of hydrogen-bond donors (Lipinski definition) is 1. The third kappa shape index (κ3) is 2.61. The van der Waals surface area contributed by atoms with Crippen molar-refractivity contribution in [2.45, 2.75) is 12.5 Å². The maximum atomic E-state index is 12.8. The van der Waals surface area contributed by atoms with E-state index in [1.54, 1.807) is 0 Å². The number of benzene rings is 2. The van der Waals surface area contributed by atoms with Crippen molar-refractivity contribution in [3.63, 3.8) is 0 Å². The van der Waals surface area contributed by atoms with E-state index in [9.17, 15) is 4.79 Å². The summed E-state index contributed by atoms with van der Waals surface area (Å²) in [6.07, 6.45) is 0.878. The molecule has 2 aromatic rings. The Balaban J connectivity index is 1.96. The first-order valence-corrected chi connectivity index (χ1v) is 7.85. The van der Waals surface area contributed by atoms with Crippen LogP contribution in [-0.4, -0.2) is 23.9 Å². The van der Waals surface area contributed by atoms with Gasteiger partial charge in [0.05, 0.1) is 11.6 Å². The van der Waals surface area contributed by atoms with E-state index >= 15 is 0 Å². The van der Waals surface area contributed by atoms with Crippen LogP contribution in [0.4, 0.5) is 0 Å². The Bertz CT molecular complexity index is 671. The van der Waals surface area contributed by atoms with Crippen LogP contribution in [-0.2, 0) is 6.42 Å². The van der Waals surface area contributed by atoms with Crippen molar-refractivity contribution >= 4 is 21.8 Å². The minimum atomic E-state index is -0.0467. The second-order valence-electron chi connectivity index (χ2n) is 5.18. The van der Waals surface area contributed by atoms with Gasteiger partial charge in [-0.1, -0.05) is 36.4 Å². The van der Waals surface area contributed by atoms with Crippen molar-refractivity contribution in [1.82, 2.24) is 4.90 Å². The van der Waals surface area contributed by atoms with E-state index in [4.69, 9.17) is 5.73 Å². The van der Waals surface area contributed by atoms with Gasteiger partial charge in [-0.3, -0.25) is 4.79 Å². The summed E-state index contributed by atoms with van der Waals surface area (Å²) >= 11 is 3.46. The molecule has 2 aromatic carbocycles. The number of fused-ring (bicyclic) bond motifs is 1. The summed E-state index contributed by atoms with van der Waals surface area (Å²) < 4.78 is 0.824. The molecule has 1 unspecified atom stereocenters. The third-order valence-corrected chi connectivity index (χ3v) is 4.69. The van der Waals surface area contributed by atoms with E-state index in [-0.39, 0.29) is 11.9 Å². The van der Waals surface area contributed by atoms with Crippen LogP contribution in [0.3, 0.4) is 0 Å². The van der Waals surface area contributed by atoms with Crippen molar-refractivity contribution in [2.75, 3.05) is 13.1 Å². The maximum Gasteiger partial charge on any atom is 0.255 e.